The number of aromatic hydroxyl groups is 1. The van der Waals surface area contributed by atoms with Crippen LogP contribution in [0.3, 0.4) is 0 Å². The molecule has 34 heavy (non-hydrogen) atoms. The number of ether oxygens (including phenoxy) is 3. The van der Waals surface area contributed by atoms with E-state index in [0.717, 1.165) is 16.7 Å². The van der Waals surface area contributed by atoms with Gasteiger partial charge >= 0.3 is 0 Å². The van der Waals surface area contributed by atoms with E-state index in [1.807, 2.05) is 30.3 Å². The average molecular weight is 460 g/mol. The summed E-state index contributed by atoms with van der Waals surface area (Å²) in [5, 5.41) is 23.8. The monoisotopic (exact) mass is 460 g/mol. The number of phenolic OH excluding ortho intramolecular Hbond substituents is 1. The lowest BCUT2D eigenvalue weighted by Gasteiger charge is -2.23. The van der Waals surface area contributed by atoms with Gasteiger partial charge in [-0.3, -0.25) is 4.79 Å². The van der Waals surface area contributed by atoms with Crippen LogP contribution in [0.4, 0.5) is 0 Å². The number of methoxy groups -OCH3 is 3. The lowest BCUT2D eigenvalue weighted by molar-refractivity contribution is 0.0955. The molecule has 0 aliphatic heterocycles. The normalized spacial score (nSPS) is 15.4. The van der Waals surface area contributed by atoms with E-state index in [-0.39, 0.29) is 30.5 Å². The van der Waals surface area contributed by atoms with Crippen molar-refractivity contribution in [3.63, 3.8) is 0 Å². The maximum atomic E-state index is 13.0. The number of carbonyl (C=O) groups is 1. The Hall–Kier alpha value is -3.98. The highest BCUT2D eigenvalue weighted by molar-refractivity contribution is 5.97. The summed E-state index contributed by atoms with van der Waals surface area (Å²) in [6.45, 7) is 0.249. The van der Waals surface area contributed by atoms with Crippen molar-refractivity contribution >= 4 is 11.4 Å². The van der Waals surface area contributed by atoms with Crippen LogP contribution in [-0.4, -0.2) is 52.0 Å². The molecule has 1 atom stereocenters. The van der Waals surface area contributed by atoms with Crippen molar-refractivity contribution in [3.8, 4) is 28.4 Å². The fourth-order valence-electron chi connectivity index (χ4n) is 4.59. The molecule has 174 valence electrons. The van der Waals surface area contributed by atoms with Gasteiger partial charge in [0.25, 0.3) is 0 Å². The Balaban J connectivity index is 1.69. The van der Waals surface area contributed by atoms with Gasteiger partial charge in [-0.1, -0.05) is 24.3 Å². The number of rotatable bonds is 6. The van der Waals surface area contributed by atoms with E-state index in [4.69, 9.17) is 19.3 Å². The molecule has 5 rings (SSSR count). The standard InChI is InChI=1S/C25H24N4O5/c1-32-13-17-23(14-8-9-21(33-2)22(12-14)34-3)25-27-26-24-18(29(25)28-17)10-15(11-20(24)31)16-6-4-5-7-19(16)30/h4-9,12,15,30H,10-11,13H2,1-3H3/t15-/m1/s1. The van der Waals surface area contributed by atoms with Gasteiger partial charge in [0.2, 0.25) is 0 Å². The van der Waals surface area contributed by atoms with Crippen LogP contribution in [0.1, 0.15) is 39.8 Å². The van der Waals surface area contributed by atoms with Crippen LogP contribution in [0.5, 0.6) is 17.2 Å². The van der Waals surface area contributed by atoms with Crippen molar-refractivity contribution in [1.29, 1.82) is 0 Å². The molecular weight excluding hydrogens is 436 g/mol. The number of Topliss-reactive ketones (excluding diaryl/α,β-unsaturated/α-hetero) is 1. The highest BCUT2D eigenvalue weighted by atomic mass is 16.5. The van der Waals surface area contributed by atoms with E-state index < -0.39 is 0 Å². The average Bonchev–Trinajstić information content (AvgIpc) is 3.22. The Morgan fingerprint density at radius 3 is 2.56 bits per heavy atom. The third kappa shape index (κ3) is 3.54. The fraction of sp³-hybridized carbons (Fsp3) is 0.280. The largest absolute Gasteiger partial charge is 0.508 e. The van der Waals surface area contributed by atoms with Gasteiger partial charge in [0.1, 0.15) is 5.75 Å². The first-order chi connectivity index (χ1) is 16.5. The zero-order chi connectivity index (χ0) is 23.8. The van der Waals surface area contributed by atoms with Gasteiger partial charge < -0.3 is 19.3 Å². The van der Waals surface area contributed by atoms with Crippen molar-refractivity contribution in [1.82, 2.24) is 19.8 Å². The van der Waals surface area contributed by atoms with Crippen LogP contribution < -0.4 is 9.47 Å². The fourth-order valence-corrected chi connectivity index (χ4v) is 4.59. The predicted octanol–water partition coefficient (Wildman–Crippen LogP) is 3.57. The van der Waals surface area contributed by atoms with Gasteiger partial charge in [-0.2, -0.15) is 5.10 Å². The second-order valence-electron chi connectivity index (χ2n) is 8.14. The number of carbonyl (C=O) groups excluding carboxylic acids is 1. The topological polar surface area (TPSA) is 108 Å². The van der Waals surface area contributed by atoms with Crippen molar-refractivity contribution in [2.45, 2.75) is 25.4 Å². The van der Waals surface area contributed by atoms with E-state index in [9.17, 15) is 9.90 Å². The molecule has 1 N–H and O–H groups in total. The molecule has 2 aromatic heterocycles. The lowest BCUT2D eigenvalue weighted by atomic mass is 9.83. The Labute approximate surface area is 195 Å². The van der Waals surface area contributed by atoms with Crippen molar-refractivity contribution in [3.05, 3.63) is 65.1 Å². The summed E-state index contributed by atoms with van der Waals surface area (Å²) in [5.41, 5.74) is 4.45. The molecule has 0 amide bonds. The third-order valence-electron chi connectivity index (χ3n) is 6.17. The number of para-hydroxylation sites is 1. The van der Waals surface area contributed by atoms with Gasteiger partial charge in [0.05, 0.1) is 37.8 Å². The summed E-state index contributed by atoms with van der Waals surface area (Å²) in [7, 11) is 4.76. The smallest absolute Gasteiger partial charge is 0.185 e. The Morgan fingerprint density at radius 2 is 1.82 bits per heavy atom. The second-order valence-corrected chi connectivity index (χ2v) is 8.14. The molecule has 0 saturated heterocycles. The number of hydrogen-bond acceptors (Lipinski definition) is 8. The molecule has 4 aromatic rings. The van der Waals surface area contributed by atoms with Crippen LogP contribution >= 0.6 is 0 Å². The van der Waals surface area contributed by atoms with Gasteiger partial charge in [0.15, 0.2) is 28.6 Å². The van der Waals surface area contributed by atoms with Gasteiger partial charge in [0, 0.05) is 19.4 Å². The van der Waals surface area contributed by atoms with Gasteiger partial charge in [-0.25, -0.2) is 4.52 Å². The first kappa shape index (κ1) is 21.8. The summed E-state index contributed by atoms with van der Waals surface area (Å²) in [4.78, 5) is 13.0. The Kier molecular flexibility index (Phi) is 5.62. The minimum Gasteiger partial charge on any atom is -0.508 e. The summed E-state index contributed by atoms with van der Waals surface area (Å²) < 4.78 is 17.9. The van der Waals surface area contributed by atoms with E-state index in [1.54, 1.807) is 38.0 Å². The molecular formula is C25H24N4O5. The summed E-state index contributed by atoms with van der Waals surface area (Å²) in [6, 6.07) is 12.7. The zero-order valence-electron chi connectivity index (χ0n) is 19.1. The second kappa shape index (κ2) is 8.75. The number of benzene rings is 2. The number of nitrogens with zero attached hydrogens (tertiary/aromatic N) is 4. The lowest BCUT2D eigenvalue weighted by Crippen LogP contribution is -2.24. The third-order valence-corrected chi connectivity index (χ3v) is 6.17. The van der Waals surface area contributed by atoms with Crippen molar-refractivity contribution in [2.75, 3.05) is 21.3 Å². The van der Waals surface area contributed by atoms with Crippen molar-refractivity contribution in [2.24, 2.45) is 0 Å². The van der Waals surface area contributed by atoms with Crippen LogP contribution in [0, 0.1) is 0 Å². The molecule has 1 aliphatic carbocycles. The van der Waals surface area contributed by atoms with Crippen LogP contribution in [0.25, 0.3) is 16.8 Å². The van der Waals surface area contributed by atoms with Gasteiger partial charge in [-0.15, -0.1) is 10.2 Å². The van der Waals surface area contributed by atoms with E-state index in [1.165, 1.54) is 0 Å². The molecule has 0 radical (unpaired) electrons. The number of phenols is 1. The molecule has 0 bridgehead atoms. The molecule has 1 aliphatic rings. The highest BCUT2D eigenvalue weighted by Gasteiger charge is 2.33. The predicted molar refractivity (Wildman–Crippen MR) is 124 cm³/mol. The van der Waals surface area contributed by atoms with Gasteiger partial charge in [-0.05, 0) is 35.7 Å². The molecule has 2 aromatic carbocycles. The zero-order valence-corrected chi connectivity index (χ0v) is 19.1. The first-order valence-electron chi connectivity index (χ1n) is 10.8. The molecule has 0 spiro atoms. The van der Waals surface area contributed by atoms with E-state index in [2.05, 4.69) is 10.2 Å². The van der Waals surface area contributed by atoms with Crippen LogP contribution in [0.2, 0.25) is 0 Å². The molecule has 0 unspecified atom stereocenters. The SMILES string of the molecule is COCc1nn2c3c(nnc2c1-c1ccc(OC)c(OC)c1)C(=O)C[C@H](c1ccccc1O)C3. The molecule has 9 nitrogen and oxygen atoms in total. The van der Waals surface area contributed by atoms with Crippen LogP contribution in [0.15, 0.2) is 42.5 Å². The highest BCUT2D eigenvalue weighted by Crippen LogP contribution is 2.39. The van der Waals surface area contributed by atoms with Crippen LogP contribution in [-0.2, 0) is 17.8 Å². The summed E-state index contributed by atoms with van der Waals surface area (Å²) >= 11 is 0. The Bertz CT molecular complexity index is 1400. The maximum Gasteiger partial charge on any atom is 0.185 e. The van der Waals surface area contributed by atoms with Crippen molar-refractivity contribution < 1.29 is 24.1 Å². The molecule has 9 heteroatoms. The maximum absolute atomic E-state index is 13.0. The number of fused-ring (bicyclic) bond motifs is 3. The minimum absolute atomic E-state index is 0.125. The quantitative estimate of drug-likeness (QED) is 0.465. The number of ketones is 1. The minimum atomic E-state index is -0.187. The first-order valence-corrected chi connectivity index (χ1v) is 10.8. The summed E-state index contributed by atoms with van der Waals surface area (Å²) in [6.07, 6.45) is 0.740. The van der Waals surface area contributed by atoms with E-state index >= 15 is 0 Å². The number of aromatic nitrogens is 4. The summed E-state index contributed by atoms with van der Waals surface area (Å²) in [5.74, 6) is 1.04. The molecule has 2 heterocycles. The Morgan fingerprint density at radius 1 is 1.03 bits per heavy atom. The number of hydrogen-bond donors (Lipinski definition) is 1. The molecule has 0 saturated carbocycles. The molecule has 0 fully saturated rings. The van der Waals surface area contributed by atoms with E-state index in [0.29, 0.717) is 40.6 Å².